The van der Waals surface area contributed by atoms with Gasteiger partial charge in [-0.1, -0.05) is 49.6 Å². The molecule has 1 amide bonds. The van der Waals surface area contributed by atoms with Crippen molar-refractivity contribution in [3.8, 4) is 0 Å². The molecule has 0 bridgehead atoms. The van der Waals surface area contributed by atoms with E-state index in [4.69, 9.17) is 0 Å². The van der Waals surface area contributed by atoms with E-state index in [9.17, 15) is 9.18 Å². The number of rotatable bonds is 7. The Morgan fingerprint density at radius 3 is 2.59 bits per heavy atom. The van der Waals surface area contributed by atoms with Crippen molar-refractivity contribution in [2.45, 2.75) is 49.6 Å². The summed E-state index contributed by atoms with van der Waals surface area (Å²) in [4.78, 5) is 15.3. The maximum Gasteiger partial charge on any atom is 0.234 e. The van der Waals surface area contributed by atoms with E-state index in [1.165, 1.54) is 49.9 Å². The number of carbonyl (C=O) groups excluding carboxylic acids is 1. The van der Waals surface area contributed by atoms with Crippen LogP contribution in [-0.4, -0.2) is 29.6 Å². The molecule has 144 valence electrons. The Bertz CT molecular complexity index is 761. The Kier molecular flexibility index (Phi) is 7.30. The number of anilines is 1. The number of hydrogen-bond acceptors (Lipinski definition) is 3. The van der Waals surface area contributed by atoms with Gasteiger partial charge in [0.25, 0.3) is 0 Å². The van der Waals surface area contributed by atoms with Crippen LogP contribution in [0.25, 0.3) is 0 Å². The van der Waals surface area contributed by atoms with Crippen LogP contribution in [-0.2, 0) is 11.3 Å². The Balaban J connectivity index is 1.58. The molecule has 1 N–H and O–H groups in total. The lowest BCUT2D eigenvalue weighted by Crippen LogP contribution is -2.33. The molecule has 1 aliphatic carbocycles. The largest absolute Gasteiger partial charge is 0.325 e. The first-order valence-corrected chi connectivity index (χ1v) is 10.6. The summed E-state index contributed by atoms with van der Waals surface area (Å²) in [5.74, 6) is -0.214. The van der Waals surface area contributed by atoms with Crippen LogP contribution < -0.4 is 5.32 Å². The molecule has 3 nitrogen and oxygen atoms in total. The Hall–Kier alpha value is -1.85. The molecular formula is C22H27FN2OS. The van der Waals surface area contributed by atoms with Gasteiger partial charge in [0, 0.05) is 23.2 Å². The second-order valence-corrected chi connectivity index (χ2v) is 8.15. The predicted molar refractivity (Wildman–Crippen MR) is 111 cm³/mol. The quantitative estimate of drug-likeness (QED) is 0.654. The highest BCUT2D eigenvalue weighted by Gasteiger charge is 2.19. The van der Waals surface area contributed by atoms with E-state index in [1.54, 1.807) is 18.2 Å². The van der Waals surface area contributed by atoms with Gasteiger partial charge in [-0.3, -0.25) is 9.69 Å². The molecule has 2 aromatic carbocycles. The van der Waals surface area contributed by atoms with E-state index >= 15 is 0 Å². The number of benzene rings is 2. The van der Waals surface area contributed by atoms with Crippen LogP contribution in [0.5, 0.6) is 0 Å². The smallest absolute Gasteiger partial charge is 0.234 e. The van der Waals surface area contributed by atoms with Crippen LogP contribution in [0.1, 0.15) is 37.7 Å². The SMILES string of the molecule is CN(Cc1ccccc1NC(=O)CSc1ccccc1F)C1CCCCC1. The summed E-state index contributed by atoms with van der Waals surface area (Å²) in [7, 11) is 2.17. The molecule has 1 saturated carbocycles. The molecule has 1 fully saturated rings. The minimum Gasteiger partial charge on any atom is -0.325 e. The second kappa shape index (κ2) is 9.90. The van der Waals surface area contributed by atoms with Crippen molar-refractivity contribution in [3.05, 3.63) is 59.9 Å². The number of nitrogens with zero attached hydrogens (tertiary/aromatic N) is 1. The van der Waals surface area contributed by atoms with Crippen LogP contribution in [0.2, 0.25) is 0 Å². The number of nitrogens with one attached hydrogen (secondary N) is 1. The molecule has 2 aromatic rings. The highest BCUT2D eigenvalue weighted by molar-refractivity contribution is 8.00. The van der Waals surface area contributed by atoms with Gasteiger partial charge in [0.2, 0.25) is 5.91 Å². The van der Waals surface area contributed by atoms with E-state index in [1.807, 2.05) is 18.2 Å². The Morgan fingerprint density at radius 2 is 1.81 bits per heavy atom. The number of halogens is 1. The predicted octanol–water partition coefficient (Wildman–Crippen LogP) is 5.32. The average molecular weight is 387 g/mol. The first-order chi connectivity index (χ1) is 13.1. The number of hydrogen-bond donors (Lipinski definition) is 1. The van der Waals surface area contributed by atoms with Gasteiger partial charge in [0.15, 0.2) is 0 Å². The molecular weight excluding hydrogens is 359 g/mol. The van der Waals surface area contributed by atoms with Crippen molar-refractivity contribution in [2.24, 2.45) is 0 Å². The van der Waals surface area contributed by atoms with E-state index in [0.717, 1.165) is 17.8 Å². The fraction of sp³-hybridized carbons (Fsp3) is 0.409. The molecule has 0 atom stereocenters. The van der Waals surface area contributed by atoms with Crippen LogP contribution >= 0.6 is 11.8 Å². The summed E-state index contributed by atoms with van der Waals surface area (Å²) in [5.41, 5.74) is 1.97. The zero-order chi connectivity index (χ0) is 19.1. The monoisotopic (exact) mass is 386 g/mol. The highest BCUT2D eigenvalue weighted by atomic mass is 32.2. The highest BCUT2D eigenvalue weighted by Crippen LogP contribution is 2.25. The molecule has 27 heavy (non-hydrogen) atoms. The molecule has 0 spiro atoms. The van der Waals surface area contributed by atoms with Crippen LogP contribution in [0.3, 0.4) is 0 Å². The van der Waals surface area contributed by atoms with E-state index in [0.29, 0.717) is 10.9 Å². The van der Waals surface area contributed by atoms with E-state index in [2.05, 4.69) is 23.3 Å². The third-order valence-corrected chi connectivity index (χ3v) is 6.15. The maximum absolute atomic E-state index is 13.7. The molecule has 0 aliphatic heterocycles. The zero-order valence-electron chi connectivity index (χ0n) is 15.8. The minimum absolute atomic E-state index is 0.115. The lowest BCUT2D eigenvalue weighted by molar-refractivity contribution is -0.113. The molecule has 3 rings (SSSR count). The molecule has 0 saturated heterocycles. The van der Waals surface area contributed by atoms with Gasteiger partial charge in [-0.2, -0.15) is 0 Å². The van der Waals surface area contributed by atoms with Crippen molar-refractivity contribution in [1.82, 2.24) is 4.90 Å². The summed E-state index contributed by atoms with van der Waals surface area (Å²) in [5, 5.41) is 3.00. The first kappa shape index (κ1) is 19.9. The van der Waals surface area contributed by atoms with Gasteiger partial charge in [-0.25, -0.2) is 4.39 Å². The number of thioether (sulfide) groups is 1. The van der Waals surface area contributed by atoms with Gasteiger partial charge in [-0.05, 0) is 43.7 Å². The van der Waals surface area contributed by atoms with Gasteiger partial charge in [-0.15, -0.1) is 11.8 Å². The topological polar surface area (TPSA) is 32.3 Å². The van der Waals surface area contributed by atoms with Gasteiger partial charge >= 0.3 is 0 Å². The molecule has 0 unspecified atom stereocenters. The Labute approximate surface area is 165 Å². The summed E-state index contributed by atoms with van der Waals surface area (Å²) >= 11 is 1.22. The first-order valence-electron chi connectivity index (χ1n) is 9.59. The maximum atomic E-state index is 13.7. The minimum atomic E-state index is -0.287. The molecule has 0 aromatic heterocycles. The number of carbonyl (C=O) groups is 1. The standard InChI is InChI=1S/C22H27FN2OS/c1-25(18-10-3-2-4-11-18)15-17-9-5-7-13-20(17)24-22(26)16-27-21-14-8-6-12-19(21)23/h5-9,12-14,18H,2-4,10-11,15-16H2,1H3,(H,24,26). The number of amides is 1. The van der Waals surface area contributed by atoms with Crippen molar-refractivity contribution >= 4 is 23.4 Å². The van der Waals surface area contributed by atoms with Crippen molar-refractivity contribution in [3.63, 3.8) is 0 Å². The van der Waals surface area contributed by atoms with Crippen molar-refractivity contribution < 1.29 is 9.18 Å². The number of para-hydroxylation sites is 1. The lowest BCUT2D eigenvalue weighted by Gasteiger charge is -2.31. The fourth-order valence-electron chi connectivity index (χ4n) is 3.59. The molecule has 0 radical (unpaired) electrons. The van der Waals surface area contributed by atoms with E-state index < -0.39 is 0 Å². The summed E-state index contributed by atoms with van der Waals surface area (Å²) in [6.07, 6.45) is 6.46. The molecule has 0 heterocycles. The van der Waals surface area contributed by atoms with Crippen molar-refractivity contribution in [2.75, 3.05) is 18.1 Å². The zero-order valence-corrected chi connectivity index (χ0v) is 16.6. The lowest BCUT2D eigenvalue weighted by atomic mass is 9.94. The third-order valence-electron chi connectivity index (χ3n) is 5.10. The van der Waals surface area contributed by atoms with Gasteiger partial charge in [0.1, 0.15) is 5.82 Å². The summed E-state index contributed by atoms with van der Waals surface area (Å²) in [6.45, 7) is 0.821. The third kappa shape index (κ3) is 5.81. The summed E-state index contributed by atoms with van der Waals surface area (Å²) < 4.78 is 13.7. The van der Waals surface area contributed by atoms with Crippen LogP contribution in [0.15, 0.2) is 53.4 Å². The molecule has 1 aliphatic rings. The Morgan fingerprint density at radius 1 is 1.11 bits per heavy atom. The van der Waals surface area contributed by atoms with Gasteiger partial charge in [0.05, 0.1) is 5.75 Å². The van der Waals surface area contributed by atoms with E-state index in [-0.39, 0.29) is 17.5 Å². The normalized spacial score (nSPS) is 15.1. The average Bonchev–Trinajstić information content (AvgIpc) is 2.69. The van der Waals surface area contributed by atoms with Crippen molar-refractivity contribution in [1.29, 1.82) is 0 Å². The van der Waals surface area contributed by atoms with Crippen LogP contribution in [0.4, 0.5) is 10.1 Å². The van der Waals surface area contributed by atoms with Gasteiger partial charge < -0.3 is 5.32 Å². The van der Waals surface area contributed by atoms with Crippen LogP contribution in [0, 0.1) is 5.82 Å². The summed E-state index contributed by atoms with van der Waals surface area (Å²) in [6, 6.07) is 15.1. The molecule has 5 heteroatoms. The fourth-order valence-corrected chi connectivity index (χ4v) is 4.33. The second-order valence-electron chi connectivity index (χ2n) is 7.13.